The number of alkyl halides is 3. The average Bonchev–Trinajstić information content (AvgIpc) is 2.91. The van der Waals surface area contributed by atoms with Gasteiger partial charge in [-0.05, 0) is 62.1 Å². The van der Waals surface area contributed by atoms with Gasteiger partial charge >= 0.3 is 6.18 Å². The van der Waals surface area contributed by atoms with Gasteiger partial charge in [-0.25, -0.2) is 0 Å². The van der Waals surface area contributed by atoms with Gasteiger partial charge in [0, 0.05) is 40.4 Å². The molecule has 9 nitrogen and oxygen atoms in total. The predicted molar refractivity (Wildman–Crippen MR) is 142 cm³/mol. The second-order valence-electron chi connectivity index (χ2n) is 9.47. The van der Waals surface area contributed by atoms with Crippen molar-refractivity contribution in [1.82, 2.24) is 10.3 Å². The summed E-state index contributed by atoms with van der Waals surface area (Å²) in [7, 11) is 0. The number of ether oxygens (including phenoxy) is 1. The number of hydrogen-bond donors (Lipinski definition) is 2. The second kappa shape index (κ2) is 12.6. The molecule has 2 aromatic carbocycles. The molecule has 0 saturated heterocycles. The summed E-state index contributed by atoms with van der Waals surface area (Å²) in [6, 6.07) is 11.4. The average molecular weight is 579 g/mol. The highest BCUT2D eigenvalue weighted by atomic mass is 35.5. The first-order valence-corrected chi connectivity index (χ1v) is 13.0. The highest BCUT2D eigenvalue weighted by molar-refractivity contribution is 6.36. The van der Waals surface area contributed by atoms with Gasteiger partial charge in [-0.3, -0.25) is 24.7 Å². The highest BCUT2D eigenvalue weighted by Crippen LogP contribution is 2.38. The van der Waals surface area contributed by atoms with E-state index in [1.165, 1.54) is 6.07 Å². The van der Waals surface area contributed by atoms with Crippen LogP contribution in [0.1, 0.15) is 36.9 Å². The zero-order chi connectivity index (χ0) is 28.9. The second-order valence-corrected chi connectivity index (χ2v) is 9.91. The number of carbonyl (C=O) groups excluding carboxylic acids is 2. The van der Waals surface area contributed by atoms with E-state index < -0.39 is 34.0 Å². The molecule has 0 spiro atoms. The maximum atomic E-state index is 13.2. The van der Waals surface area contributed by atoms with E-state index in [9.17, 15) is 32.9 Å². The van der Waals surface area contributed by atoms with Gasteiger partial charge in [0.2, 0.25) is 5.78 Å². The van der Waals surface area contributed by atoms with Crippen LogP contribution in [-0.2, 0) is 26.9 Å². The van der Waals surface area contributed by atoms with Crippen molar-refractivity contribution in [3.63, 3.8) is 0 Å². The van der Waals surface area contributed by atoms with Crippen LogP contribution in [0, 0.1) is 10.1 Å². The number of pyridine rings is 1. The standard InChI is InChI=1S/C27H26ClF3N4O5/c28-17-2-9-23-16(13-17)1-3-20(34-23)15-25(36)26(37)32-11-12-40-21-7-4-18(5-8-21)33-19-6-10-24(35(38)39)22(14-19)27(29,30)31/h1-3,6,9-10,13-14,18,21,33H,4-5,7-8,11-12,15H2,(H,32,37). The zero-order valence-corrected chi connectivity index (χ0v) is 21.9. The minimum absolute atomic E-state index is 0.0939. The van der Waals surface area contributed by atoms with Gasteiger partial charge in [-0.2, -0.15) is 13.2 Å². The van der Waals surface area contributed by atoms with Gasteiger partial charge in [-0.1, -0.05) is 17.7 Å². The number of benzene rings is 2. The first kappa shape index (κ1) is 29.2. The van der Waals surface area contributed by atoms with E-state index in [0.29, 0.717) is 41.9 Å². The number of aromatic nitrogens is 1. The van der Waals surface area contributed by atoms with E-state index in [2.05, 4.69) is 15.6 Å². The number of fused-ring (bicyclic) bond motifs is 1. The Morgan fingerprint density at radius 2 is 1.82 bits per heavy atom. The number of Topliss-reactive ketones (excluding diaryl/α,β-unsaturated/α-hetero) is 1. The Hall–Kier alpha value is -3.77. The quantitative estimate of drug-likeness (QED) is 0.141. The van der Waals surface area contributed by atoms with Crippen LogP contribution < -0.4 is 10.6 Å². The molecule has 1 fully saturated rings. The molecule has 1 heterocycles. The van der Waals surface area contributed by atoms with Crippen LogP contribution in [0.2, 0.25) is 5.02 Å². The Morgan fingerprint density at radius 3 is 2.52 bits per heavy atom. The lowest BCUT2D eigenvalue weighted by molar-refractivity contribution is -0.388. The molecular weight excluding hydrogens is 553 g/mol. The van der Waals surface area contributed by atoms with Crippen LogP contribution in [0.25, 0.3) is 10.9 Å². The molecule has 1 aliphatic rings. The van der Waals surface area contributed by atoms with Gasteiger partial charge in [0.05, 0.1) is 29.6 Å². The summed E-state index contributed by atoms with van der Waals surface area (Å²) in [6.45, 7) is 0.351. The molecule has 0 unspecified atom stereocenters. The van der Waals surface area contributed by atoms with Crippen molar-refractivity contribution in [3.05, 3.63) is 74.9 Å². The maximum absolute atomic E-state index is 13.2. The van der Waals surface area contributed by atoms with Crippen molar-refractivity contribution in [2.45, 2.75) is 50.4 Å². The van der Waals surface area contributed by atoms with Crippen molar-refractivity contribution in [2.24, 2.45) is 0 Å². The number of carbonyl (C=O) groups is 2. The third kappa shape index (κ3) is 7.66. The van der Waals surface area contributed by atoms with E-state index in [1.807, 2.05) is 0 Å². The molecule has 212 valence electrons. The van der Waals surface area contributed by atoms with Crippen molar-refractivity contribution in [1.29, 1.82) is 0 Å². The van der Waals surface area contributed by atoms with E-state index in [-0.39, 0.29) is 37.4 Å². The number of nitro groups is 1. The molecule has 13 heteroatoms. The Bertz CT molecular complexity index is 1410. The van der Waals surface area contributed by atoms with Gasteiger partial charge in [0.25, 0.3) is 11.6 Å². The third-order valence-corrected chi connectivity index (χ3v) is 6.82. The molecule has 0 bridgehead atoms. The molecule has 0 aliphatic heterocycles. The minimum atomic E-state index is -4.84. The van der Waals surface area contributed by atoms with Crippen LogP contribution in [0.5, 0.6) is 0 Å². The van der Waals surface area contributed by atoms with E-state index in [4.69, 9.17) is 16.3 Å². The summed E-state index contributed by atoms with van der Waals surface area (Å²) in [5.74, 6) is -1.34. The zero-order valence-electron chi connectivity index (χ0n) is 21.2. The number of ketones is 1. The molecule has 3 aromatic rings. The predicted octanol–water partition coefficient (Wildman–Crippen LogP) is 5.48. The van der Waals surface area contributed by atoms with Crippen LogP contribution in [0.3, 0.4) is 0 Å². The summed E-state index contributed by atoms with van der Waals surface area (Å²) in [5, 5.41) is 17.9. The van der Waals surface area contributed by atoms with E-state index >= 15 is 0 Å². The van der Waals surface area contributed by atoms with Gasteiger partial charge in [-0.15, -0.1) is 0 Å². The third-order valence-electron chi connectivity index (χ3n) is 6.59. The summed E-state index contributed by atoms with van der Waals surface area (Å²) in [6.07, 6.45) is -2.54. The van der Waals surface area contributed by atoms with Gasteiger partial charge in [0.1, 0.15) is 5.56 Å². The van der Waals surface area contributed by atoms with Crippen LogP contribution in [0.4, 0.5) is 24.5 Å². The lowest BCUT2D eigenvalue weighted by Crippen LogP contribution is -2.36. The Balaban J connectivity index is 1.17. The van der Waals surface area contributed by atoms with E-state index in [0.717, 1.165) is 17.5 Å². The summed E-state index contributed by atoms with van der Waals surface area (Å²) >= 11 is 5.96. The number of nitrogens with one attached hydrogen (secondary N) is 2. The number of rotatable bonds is 10. The molecule has 1 amide bonds. The van der Waals surface area contributed by atoms with Crippen molar-refractivity contribution in [2.75, 3.05) is 18.5 Å². The molecular formula is C27H26ClF3N4O5. The van der Waals surface area contributed by atoms with Crippen LogP contribution >= 0.6 is 11.6 Å². The molecule has 0 radical (unpaired) electrons. The minimum Gasteiger partial charge on any atom is -0.382 e. The number of halogens is 4. The van der Waals surface area contributed by atoms with Crippen molar-refractivity contribution < 1.29 is 32.4 Å². The maximum Gasteiger partial charge on any atom is 0.423 e. The fraction of sp³-hybridized carbons (Fsp3) is 0.370. The van der Waals surface area contributed by atoms with Crippen molar-refractivity contribution >= 4 is 45.6 Å². The fourth-order valence-corrected chi connectivity index (χ4v) is 4.77. The Kier molecular flexibility index (Phi) is 9.21. The van der Waals surface area contributed by atoms with Gasteiger partial charge < -0.3 is 15.4 Å². The Morgan fingerprint density at radius 1 is 1.07 bits per heavy atom. The number of amides is 1. The lowest BCUT2D eigenvalue weighted by Gasteiger charge is -2.30. The molecule has 1 saturated carbocycles. The normalized spacial score (nSPS) is 17.4. The molecule has 0 atom stereocenters. The molecule has 1 aliphatic carbocycles. The number of nitro benzene ring substituents is 1. The fourth-order valence-electron chi connectivity index (χ4n) is 4.59. The number of nitrogens with zero attached hydrogens (tertiary/aromatic N) is 2. The Labute approximate surface area is 232 Å². The van der Waals surface area contributed by atoms with Crippen LogP contribution in [0.15, 0.2) is 48.5 Å². The summed E-state index contributed by atoms with van der Waals surface area (Å²) in [4.78, 5) is 38.8. The molecule has 1 aromatic heterocycles. The number of anilines is 1. The smallest absolute Gasteiger partial charge is 0.382 e. The summed E-state index contributed by atoms with van der Waals surface area (Å²) < 4.78 is 45.5. The SMILES string of the molecule is O=C(Cc1ccc2cc(Cl)ccc2n1)C(=O)NCCOC1CCC(Nc2ccc([N+](=O)[O-])c(C(F)(F)F)c2)CC1. The van der Waals surface area contributed by atoms with Gasteiger partial charge in [0.15, 0.2) is 0 Å². The topological polar surface area (TPSA) is 123 Å². The largest absolute Gasteiger partial charge is 0.423 e. The number of hydrogen-bond acceptors (Lipinski definition) is 7. The lowest BCUT2D eigenvalue weighted by atomic mass is 9.92. The first-order chi connectivity index (χ1) is 19.0. The summed E-state index contributed by atoms with van der Waals surface area (Å²) in [5.41, 5.74) is -0.968. The van der Waals surface area contributed by atoms with E-state index in [1.54, 1.807) is 30.3 Å². The molecule has 2 N–H and O–H groups in total. The first-order valence-electron chi connectivity index (χ1n) is 12.6. The highest BCUT2D eigenvalue weighted by Gasteiger charge is 2.38. The molecule has 4 rings (SSSR count). The van der Waals surface area contributed by atoms with Crippen LogP contribution in [-0.4, -0.2) is 46.9 Å². The molecule has 40 heavy (non-hydrogen) atoms. The van der Waals surface area contributed by atoms with Crippen molar-refractivity contribution in [3.8, 4) is 0 Å². The monoisotopic (exact) mass is 578 g/mol.